The number of nitrogens with zero attached hydrogens (tertiary/aromatic N) is 1. The van der Waals surface area contributed by atoms with Crippen LogP contribution < -0.4 is 5.32 Å². The Labute approximate surface area is 135 Å². The summed E-state index contributed by atoms with van der Waals surface area (Å²) in [7, 11) is 1.77. The van der Waals surface area contributed by atoms with Gasteiger partial charge in [-0.3, -0.25) is 0 Å². The molecule has 0 radical (unpaired) electrons. The molecule has 6 heteroatoms. The van der Waals surface area contributed by atoms with Crippen molar-refractivity contribution >= 4 is 17.8 Å². The van der Waals surface area contributed by atoms with E-state index in [0.717, 1.165) is 36.3 Å². The second kappa shape index (κ2) is 8.39. The van der Waals surface area contributed by atoms with Gasteiger partial charge in [-0.1, -0.05) is 6.07 Å². The molecule has 0 bridgehead atoms. The molecule has 0 unspecified atom stereocenters. The highest BCUT2D eigenvalue weighted by Gasteiger charge is 2.20. The zero-order chi connectivity index (χ0) is 15.9. The van der Waals surface area contributed by atoms with Gasteiger partial charge in [-0.25, -0.2) is 9.18 Å². The lowest BCUT2D eigenvalue weighted by Crippen LogP contribution is -2.40. The molecule has 22 heavy (non-hydrogen) atoms. The molecule has 0 aliphatic carbocycles. The summed E-state index contributed by atoms with van der Waals surface area (Å²) >= 11 is 1.63. The molecular formula is C16H23FN2O2S. The highest BCUT2D eigenvalue weighted by atomic mass is 32.2. The van der Waals surface area contributed by atoms with Gasteiger partial charge in [0.15, 0.2) is 0 Å². The average Bonchev–Trinajstić information content (AvgIpc) is 2.99. The molecule has 122 valence electrons. The lowest BCUT2D eigenvalue weighted by atomic mass is 10.1. The number of thioether (sulfide) groups is 1. The number of rotatable bonds is 6. The van der Waals surface area contributed by atoms with E-state index < -0.39 is 0 Å². The van der Waals surface area contributed by atoms with Crippen molar-refractivity contribution in [1.82, 2.24) is 10.2 Å². The Hall–Kier alpha value is -1.27. The number of ether oxygens (including phenoxy) is 1. The zero-order valence-corrected chi connectivity index (χ0v) is 13.9. The SMILES string of the molecule is CSCc1cc(F)ccc1CNC(=O)N(C)C[C@H]1CCCO1. The maximum absolute atomic E-state index is 13.3. The van der Waals surface area contributed by atoms with Crippen molar-refractivity contribution in [2.24, 2.45) is 0 Å². The Kier molecular flexibility index (Phi) is 6.51. The van der Waals surface area contributed by atoms with E-state index in [1.54, 1.807) is 29.8 Å². The number of urea groups is 1. The summed E-state index contributed by atoms with van der Waals surface area (Å²) in [5, 5.41) is 2.89. The molecule has 1 N–H and O–H groups in total. The highest BCUT2D eigenvalue weighted by Crippen LogP contribution is 2.17. The van der Waals surface area contributed by atoms with Crippen LogP contribution in [0.15, 0.2) is 18.2 Å². The van der Waals surface area contributed by atoms with Crippen molar-refractivity contribution in [2.45, 2.75) is 31.2 Å². The van der Waals surface area contributed by atoms with Crippen LogP contribution in [-0.4, -0.2) is 43.5 Å². The summed E-state index contributed by atoms with van der Waals surface area (Å²) in [5.74, 6) is 0.490. The number of hydrogen-bond donors (Lipinski definition) is 1. The fourth-order valence-corrected chi connectivity index (χ4v) is 3.12. The van der Waals surface area contributed by atoms with Crippen LogP contribution in [0.1, 0.15) is 24.0 Å². The fourth-order valence-electron chi connectivity index (χ4n) is 2.54. The van der Waals surface area contributed by atoms with Gasteiger partial charge in [-0.05, 0) is 42.4 Å². The van der Waals surface area contributed by atoms with Crippen LogP contribution >= 0.6 is 11.8 Å². The van der Waals surface area contributed by atoms with E-state index in [1.165, 1.54) is 12.1 Å². The van der Waals surface area contributed by atoms with E-state index in [2.05, 4.69) is 5.32 Å². The zero-order valence-electron chi connectivity index (χ0n) is 13.1. The Balaban J connectivity index is 1.87. The van der Waals surface area contributed by atoms with Crippen molar-refractivity contribution in [3.8, 4) is 0 Å². The molecule has 1 fully saturated rings. The van der Waals surface area contributed by atoms with Gasteiger partial charge < -0.3 is 15.0 Å². The van der Waals surface area contributed by atoms with E-state index in [9.17, 15) is 9.18 Å². The lowest BCUT2D eigenvalue weighted by molar-refractivity contribution is 0.0874. The Morgan fingerprint density at radius 3 is 3.00 bits per heavy atom. The summed E-state index contributed by atoms with van der Waals surface area (Å²) in [6, 6.07) is 4.58. The van der Waals surface area contributed by atoms with Gasteiger partial charge in [0.05, 0.1) is 6.10 Å². The van der Waals surface area contributed by atoms with Crippen LogP contribution in [-0.2, 0) is 17.0 Å². The summed E-state index contributed by atoms with van der Waals surface area (Å²) < 4.78 is 18.8. The molecule has 1 aromatic rings. The standard InChI is InChI=1S/C16H23FN2O2S/c1-19(10-15-4-3-7-21-15)16(20)18-9-12-5-6-14(17)8-13(12)11-22-2/h5-6,8,15H,3-4,7,9-11H2,1-2H3,(H,18,20)/t15-/m1/s1. The van der Waals surface area contributed by atoms with Gasteiger partial charge in [0, 0.05) is 32.5 Å². The first-order valence-corrected chi connectivity index (χ1v) is 8.86. The van der Waals surface area contributed by atoms with Crippen molar-refractivity contribution in [1.29, 1.82) is 0 Å². The van der Waals surface area contributed by atoms with Gasteiger partial charge >= 0.3 is 6.03 Å². The molecule has 0 spiro atoms. The maximum Gasteiger partial charge on any atom is 0.317 e. The first-order chi connectivity index (χ1) is 10.6. The van der Waals surface area contributed by atoms with Gasteiger partial charge in [-0.15, -0.1) is 0 Å². The van der Waals surface area contributed by atoms with Crippen molar-refractivity contribution in [2.75, 3.05) is 26.5 Å². The number of nitrogens with one attached hydrogen (secondary N) is 1. The molecule has 1 heterocycles. The first kappa shape index (κ1) is 17.1. The topological polar surface area (TPSA) is 41.6 Å². The molecule has 1 saturated heterocycles. The van der Waals surface area contributed by atoms with Crippen LogP contribution in [0.4, 0.5) is 9.18 Å². The van der Waals surface area contributed by atoms with Gasteiger partial charge in [0.25, 0.3) is 0 Å². The van der Waals surface area contributed by atoms with Crippen molar-refractivity contribution in [3.05, 3.63) is 35.1 Å². The summed E-state index contributed by atoms with van der Waals surface area (Å²) in [5.41, 5.74) is 1.88. The van der Waals surface area contributed by atoms with Crippen LogP contribution in [0, 0.1) is 5.82 Å². The van der Waals surface area contributed by atoms with E-state index in [0.29, 0.717) is 13.1 Å². The van der Waals surface area contributed by atoms with Crippen LogP contribution in [0.3, 0.4) is 0 Å². The molecule has 4 nitrogen and oxygen atoms in total. The molecule has 1 aromatic carbocycles. The van der Waals surface area contributed by atoms with Gasteiger partial charge in [-0.2, -0.15) is 11.8 Å². The third-order valence-electron chi connectivity index (χ3n) is 3.75. The monoisotopic (exact) mass is 326 g/mol. The summed E-state index contributed by atoms with van der Waals surface area (Å²) in [4.78, 5) is 13.8. The van der Waals surface area contributed by atoms with E-state index in [1.807, 2.05) is 6.26 Å². The number of amides is 2. The Morgan fingerprint density at radius 2 is 2.32 bits per heavy atom. The molecule has 0 aromatic heterocycles. The maximum atomic E-state index is 13.3. The second-order valence-electron chi connectivity index (χ2n) is 5.52. The van der Waals surface area contributed by atoms with Crippen LogP contribution in [0.2, 0.25) is 0 Å². The van der Waals surface area contributed by atoms with Crippen molar-refractivity contribution < 1.29 is 13.9 Å². The van der Waals surface area contributed by atoms with E-state index in [-0.39, 0.29) is 18.0 Å². The summed E-state index contributed by atoms with van der Waals surface area (Å²) in [6.07, 6.45) is 4.19. The fraction of sp³-hybridized carbons (Fsp3) is 0.562. The predicted molar refractivity (Wildman–Crippen MR) is 87.5 cm³/mol. The largest absolute Gasteiger partial charge is 0.376 e. The number of carbonyl (C=O) groups excluding carboxylic acids is 1. The van der Waals surface area contributed by atoms with Gasteiger partial charge in [0.2, 0.25) is 0 Å². The molecule has 2 rings (SSSR count). The predicted octanol–water partition coefficient (Wildman–Crippen LogP) is 3.01. The van der Waals surface area contributed by atoms with Crippen LogP contribution in [0.25, 0.3) is 0 Å². The van der Waals surface area contributed by atoms with E-state index >= 15 is 0 Å². The minimum absolute atomic E-state index is 0.130. The highest BCUT2D eigenvalue weighted by molar-refractivity contribution is 7.97. The van der Waals surface area contributed by atoms with Crippen molar-refractivity contribution in [3.63, 3.8) is 0 Å². The number of halogens is 1. The second-order valence-corrected chi connectivity index (χ2v) is 6.39. The quantitative estimate of drug-likeness (QED) is 0.874. The number of carbonyl (C=O) groups is 1. The number of likely N-dealkylation sites (N-methyl/N-ethyl adjacent to an activating group) is 1. The third-order valence-corrected chi connectivity index (χ3v) is 4.35. The molecule has 1 aliphatic rings. The average molecular weight is 326 g/mol. The molecule has 0 saturated carbocycles. The normalized spacial score (nSPS) is 17.5. The number of benzene rings is 1. The Morgan fingerprint density at radius 1 is 1.50 bits per heavy atom. The third kappa shape index (κ3) is 4.88. The lowest BCUT2D eigenvalue weighted by Gasteiger charge is -2.21. The van der Waals surface area contributed by atoms with Crippen LogP contribution in [0.5, 0.6) is 0 Å². The first-order valence-electron chi connectivity index (χ1n) is 7.47. The smallest absolute Gasteiger partial charge is 0.317 e. The minimum Gasteiger partial charge on any atom is -0.376 e. The molecule has 1 aliphatic heterocycles. The van der Waals surface area contributed by atoms with Gasteiger partial charge in [0.1, 0.15) is 5.82 Å². The molecular weight excluding hydrogens is 303 g/mol. The summed E-state index contributed by atoms with van der Waals surface area (Å²) in [6.45, 7) is 1.80. The Bertz CT molecular complexity index is 507. The number of hydrogen-bond acceptors (Lipinski definition) is 3. The minimum atomic E-state index is -0.241. The van der Waals surface area contributed by atoms with E-state index in [4.69, 9.17) is 4.74 Å². The molecule has 1 atom stereocenters. The molecule has 2 amide bonds.